The summed E-state index contributed by atoms with van der Waals surface area (Å²) in [7, 11) is -3.59. The molecule has 160 valence electrons. The minimum atomic E-state index is -3.59. The van der Waals surface area contributed by atoms with E-state index in [0.717, 1.165) is 0 Å². The van der Waals surface area contributed by atoms with E-state index in [-0.39, 0.29) is 17.5 Å². The maximum atomic E-state index is 12.8. The quantitative estimate of drug-likeness (QED) is 0.585. The van der Waals surface area contributed by atoms with E-state index in [9.17, 15) is 8.42 Å². The largest absolute Gasteiger partial charge is 0.415 e. The molecule has 1 saturated heterocycles. The standard InChI is InChI=1S/C20H18ClN5O3S2/c1-19(2)18(23)24-20(3,10-31(19,27)28)15-13(21)8-14(30-15)17-26-25-16(29-17)12-6-4-11(9-22)5-7-12/h4-8H,10H2,1-3H3,(H2,23,24)/t20-/m0/s1. The second kappa shape index (κ2) is 7.15. The Balaban J connectivity index is 1.68. The van der Waals surface area contributed by atoms with E-state index < -0.39 is 20.1 Å². The molecule has 2 aromatic heterocycles. The second-order valence-electron chi connectivity index (χ2n) is 7.99. The van der Waals surface area contributed by atoms with Crippen LogP contribution in [-0.2, 0) is 15.4 Å². The molecule has 0 radical (unpaired) electrons. The van der Waals surface area contributed by atoms with Crippen molar-refractivity contribution in [1.29, 1.82) is 10.7 Å². The average molecular weight is 476 g/mol. The first kappa shape index (κ1) is 21.5. The molecule has 1 aliphatic rings. The van der Waals surface area contributed by atoms with Gasteiger partial charge in [0.05, 0.1) is 37.7 Å². The van der Waals surface area contributed by atoms with E-state index in [1.54, 1.807) is 37.3 Å². The Bertz CT molecular complexity index is 1340. The number of halogens is 1. The molecule has 1 aromatic carbocycles. The summed E-state index contributed by atoms with van der Waals surface area (Å²) in [5, 5.41) is 28.7. The van der Waals surface area contributed by atoms with Crippen molar-refractivity contribution in [3.63, 3.8) is 0 Å². The predicted molar refractivity (Wildman–Crippen MR) is 119 cm³/mol. The molecule has 0 bridgehead atoms. The molecule has 3 heterocycles. The Labute approximate surface area is 188 Å². The summed E-state index contributed by atoms with van der Waals surface area (Å²) in [4.78, 5) is 1.16. The Morgan fingerprint density at radius 3 is 2.48 bits per heavy atom. The topological polar surface area (TPSA) is 133 Å². The zero-order chi connectivity index (χ0) is 22.6. The lowest BCUT2D eigenvalue weighted by Gasteiger charge is -2.42. The van der Waals surface area contributed by atoms with Crippen LogP contribution in [0.5, 0.6) is 0 Å². The maximum absolute atomic E-state index is 12.8. The van der Waals surface area contributed by atoms with E-state index in [0.29, 0.717) is 31.8 Å². The molecule has 1 fully saturated rings. The lowest BCUT2D eigenvalue weighted by atomic mass is 10.00. The zero-order valence-corrected chi connectivity index (χ0v) is 19.2. The van der Waals surface area contributed by atoms with Crippen LogP contribution in [0.25, 0.3) is 22.2 Å². The van der Waals surface area contributed by atoms with Gasteiger partial charge in [-0.3, -0.25) is 5.41 Å². The molecule has 0 amide bonds. The minimum Gasteiger partial charge on any atom is -0.415 e. The number of rotatable bonds is 3. The van der Waals surface area contributed by atoms with Gasteiger partial charge in [0.1, 0.15) is 10.6 Å². The molecule has 8 nitrogen and oxygen atoms in total. The summed E-state index contributed by atoms with van der Waals surface area (Å²) in [5.41, 5.74) is 0.139. The summed E-state index contributed by atoms with van der Waals surface area (Å²) < 4.78 is 30.1. The molecule has 11 heteroatoms. The SMILES string of the molecule is CC1(C)C(=N)N[C@](C)(c2sc(-c3nnc(-c4ccc(C#N)cc4)o3)cc2Cl)CS1(=O)=O. The summed E-state index contributed by atoms with van der Waals surface area (Å²) in [6.45, 7) is 4.75. The van der Waals surface area contributed by atoms with E-state index in [2.05, 4.69) is 21.6 Å². The van der Waals surface area contributed by atoms with E-state index in [4.69, 9.17) is 26.7 Å². The van der Waals surface area contributed by atoms with Crippen LogP contribution in [0, 0.1) is 16.7 Å². The normalized spacial score (nSPS) is 22.0. The fourth-order valence-electron chi connectivity index (χ4n) is 3.28. The van der Waals surface area contributed by atoms with Gasteiger partial charge in [-0.2, -0.15) is 5.26 Å². The van der Waals surface area contributed by atoms with Crippen molar-refractivity contribution in [2.45, 2.75) is 31.1 Å². The third kappa shape index (κ3) is 3.52. The third-order valence-electron chi connectivity index (χ3n) is 5.34. The minimum absolute atomic E-state index is 0.0758. The van der Waals surface area contributed by atoms with Gasteiger partial charge in [0.2, 0.25) is 5.89 Å². The molecule has 4 rings (SSSR count). The van der Waals surface area contributed by atoms with Gasteiger partial charge in [-0.05, 0) is 51.1 Å². The lowest BCUT2D eigenvalue weighted by molar-refractivity contribution is 0.450. The molecular weight excluding hydrogens is 458 g/mol. The highest BCUT2D eigenvalue weighted by Gasteiger charge is 2.51. The number of aromatic nitrogens is 2. The number of hydrogen-bond donors (Lipinski definition) is 2. The first-order valence-corrected chi connectivity index (χ1v) is 12.1. The van der Waals surface area contributed by atoms with Gasteiger partial charge in [0.25, 0.3) is 5.89 Å². The monoisotopic (exact) mass is 475 g/mol. The number of nitriles is 1. The molecular formula is C20H18ClN5O3S2. The van der Waals surface area contributed by atoms with Crippen molar-refractivity contribution in [2.24, 2.45) is 0 Å². The molecule has 0 aliphatic carbocycles. The van der Waals surface area contributed by atoms with Crippen LogP contribution < -0.4 is 5.32 Å². The van der Waals surface area contributed by atoms with Crippen molar-refractivity contribution in [2.75, 3.05) is 5.75 Å². The van der Waals surface area contributed by atoms with Crippen molar-refractivity contribution < 1.29 is 12.8 Å². The van der Waals surface area contributed by atoms with Crippen LogP contribution in [0.1, 0.15) is 31.2 Å². The van der Waals surface area contributed by atoms with Crippen LogP contribution >= 0.6 is 22.9 Å². The highest BCUT2D eigenvalue weighted by Crippen LogP contribution is 2.43. The van der Waals surface area contributed by atoms with Crippen molar-refractivity contribution in [1.82, 2.24) is 15.5 Å². The number of nitrogens with one attached hydrogen (secondary N) is 2. The summed E-state index contributed by atoms with van der Waals surface area (Å²) >= 11 is 7.71. The van der Waals surface area contributed by atoms with Crippen LogP contribution in [0.2, 0.25) is 5.02 Å². The van der Waals surface area contributed by atoms with E-state index in [1.807, 2.05) is 0 Å². The van der Waals surface area contributed by atoms with Crippen molar-refractivity contribution in [3.05, 3.63) is 45.8 Å². The fourth-order valence-corrected chi connectivity index (χ4v) is 6.64. The molecule has 0 spiro atoms. The first-order chi connectivity index (χ1) is 14.5. The van der Waals surface area contributed by atoms with Crippen LogP contribution in [0.3, 0.4) is 0 Å². The molecule has 3 aromatic rings. The van der Waals surface area contributed by atoms with E-state index in [1.165, 1.54) is 25.2 Å². The van der Waals surface area contributed by atoms with Crippen molar-refractivity contribution >= 4 is 38.6 Å². The van der Waals surface area contributed by atoms with Gasteiger partial charge in [0.15, 0.2) is 9.84 Å². The Kier molecular flexibility index (Phi) is 4.96. The Morgan fingerprint density at radius 1 is 1.23 bits per heavy atom. The van der Waals surface area contributed by atoms with E-state index >= 15 is 0 Å². The highest BCUT2D eigenvalue weighted by atomic mass is 35.5. The van der Waals surface area contributed by atoms with Crippen LogP contribution in [0.4, 0.5) is 0 Å². The second-order valence-corrected chi connectivity index (χ2v) is 12.0. The smallest absolute Gasteiger partial charge is 0.258 e. The number of thiophene rings is 1. The van der Waals surface area contributed by atoms with Gasteiger partial charge in [0, 0.05) is 5.56 Å². The Hall–Kier alpha value is -2.74. The molecule has 31 heavy (non-hydrogen) atoms. The predicted octanol–water partition coefficient (Wildman–Crippen LogP) is 3.98. The summed E-state index contributed by atoms with van der Waals surface area (Å²) in [6.07, 6.45) is 0. The number of nitrogens with zero attached hydrogens (tertiary/aromatic N) is 3. The Morgan fingerprint density at radius 2 is 1.87 bits per heavy atom. The van der Waals surface area contributed by atoms with Gasteiger partial charge in [-0.1, -0.05) is 11.6 Å². The third-order valence-corrected chi connectivity index (χ3v) is 9.86. The van der Waals surface area contributed by atoms with Crippen LogP contribution in [-0.4, -0.2) is 35.0 Å². The van der Waals surface area contributed by atoms with Crippen molar-refractivity contribution in [3.8, 4) is 28.3 Å². The van der Waals surface area contributed by atoms with Gasteiger partial charge >= 0.3 is 0 Å². The molecule has 1 aliphatic heterocycles. The first-order valence-electron chi connectivity index (χ1n) is 9.20. The van der Waals surface area contributed by atoms with Gasteiger partial charge in [-0.15, -0.1) is 21.5 Å². The zero-order valence-electron chi connectivity index (χ0n) is 16.9. The lowest BCUT2D eigenvalue weighted by Crippen LogP contribution is -2.63. The number of benzene rings is 1. The number of hydrogen-bond acceptors (Lipinski definition) is 8. The molecule has 1 atom stereocenters. The molecule has 0 saturated carbocycles. The van der Waals surface area contributed by atoms with Gasteiger partial charge < -0.3 is 9.73 Å². The number of amidine groups is 1. The molecule has 0 unspecified atom stereocenters. The van der Waals surface area contributed by atoms with Crippen LogP contribution in [0.15, 0.2) is 34.7 Å². The summed E-state index contributed by atoms with van der Waals surface area (Å²) in [5.74, 6) is 0.261. The van der Waals surface area contributed by atoms with Gasteiger partial charge in [-0.25, -0.2) is 8.42 Å². The maximum Gasteiger partial charge on any atom is 0.258 e. The fraction of sp³-hybridized carbons (Fsp3) is 0.300. The highest BCUT2D eigenvalue weighted by molar-refractivity contribution is 7.93. The average Bonchev–Trinajstić information content (AvgIpc) is 3.33. The molecule has 2 N–H and O–H groups in total. The summed E-state index contributed by atoms with van der Waals surface area (Å²) in [6, 6.07) is 10.5. The number of sulfone groups is 1.